The molecule has 0 fully saturated rings. The molecule has 0 aliphatic rings. The van der Waals surface area contributed by atoms with Crippen LogP contribution in [0.3, 0.4) is 0 Å². The zero-order valence-corrected chi connectivity index (χ0v) is 15.6. The van der Waals surface area contributed by atoms with Crippen molar-refractivity contribution in [2.75, 3.05) is 0 Å². The molecule has 0 saturated carbocycles. The highest BCUT2D eigenvalue weighted by Crippen LogP contribution is 2.34. The third kappa shape index (κ3) is 4.27. The predicted octanol–water partition coefficient (Wildman–Crippen LogP) is 7.13. The van der Waals surface area contributed by atoms with Gasteiger partial charge in [0.15, 0.2) is 29.1 Å². The molecular formula is C22H15F7O. The predicted molar refractivity (Wildman–Crippen MR) is 96.6 cm³/mol. The van der Waals surface area contributed by atoms with Crippen LogP contribution in [0.2, 0.25) is 0 Å². The van der Waals surface area contributed by atoms with E-state index in [1.807, 2.05) is 6.92 Å². The van der Waals surface area contributed by atoms with Gasteiger partial charge in [0.1, 0.15) is 5.75 Å². The molecule has 0 saturated heterocycles. The molecule has 0 amide bonds. The van der Waals surface area contributed by atoms with E-state index in [1.165, 1.54) is 24.3 Å². The monoisotopic (exact) mass is 428 g/mol. The highest BCUT2D eigenvalue weighted by molar-refractivity contribution is 5.65. The Kier molecular flexibility index (Phi) is 6.05. The Morgan fingerprint density at radius 2 is 1.37 bits per heavy atom. The lowest BCUT2D eigenvalue weighted by Crippen LogP contribution is -2.22. The van der Waals surface area contributed by atoms with E-state index in [4.69, 9.17) is 0 Å². The van der Waals surface area contributed by atoms with Crippen molar-refractivity contribution in [1.82, 2.24) is 0 Å². The molecule has 3 rings (SSSR count). The summed E-state index contributed by atoms with van der Waals surface area (Å²) in [5, 5.41) is 0. The van der Waals surface area contributed by atoms with Crippen LogP contribution in [0.25, 0.3) is 11.1 Å². The molecule has 0 unspecified atom stereocenters. The summed E-state index contributed by atoms with van der Waals surface area (Å²) in [6, 6.07) is 7.69. The van der Waals surface area contributed by atoms with E-state index in [9.17, 15) is 30.7 Å². The summed E-state index contributed by atoms with van der Waals surface area (Å²) >= 11 is 0. The van der Waals surface area contributed by atoms with E-state index in [1.54, 1.807) is 0 Å². The van der Waals surface area contributed by atoms with Crippen LogP contribution in [0, 0.1) is 29.1 Å². The van der Waals surface area contributed by atoms with Crippen LogP contribution in [0.15, 0.2) is 48.5 Å². The van der Waals surface area contributed by atoms with E-state index in [0.717, 1.165) is 12.1 Å². The molecule has 8 heteroatoms. The summed E-state index contributed by atoms with van der Waals surface area (Å²) in [6.45, 7) is 1.83. The third-order valence-corrected chi connectivity index (χ3v) is 4.41. The normalized spacial score (nSPS) is 11.6. The van der Waals surface area contributed by atoms with Crippen LogP contribution in [0.5, 0.6) is 5.75 Å². The number of ether oxygens (including phenoxy) is 1. The largest absolute Gasteiger partial charge is 0.429 e. The number of rotatable bonds is 6. The van der Waals surface area contributed by atoms with Crippen molar-refractivity contribution < 1.29 is 35.5 Å². The minimum Gasteiger partial charge on any atom is -0.429 e. The molecule has 0 aromatic heterocycles. The Hall–Kier alpha value is -3.03. The first-order valence-corrected chi connectivity index (χ1v) is 8.93. The number of hydrogen-bond donors (Lipinski definition) is 0. The molecule has 0 radical (unpaired) electrons. The SMILES string of the molecule is CCCc1ccc(-c2ccc(OC(F)(F)c3cc(F)c(F)c(F)c3)cc2)c(F)c1F. The second kappa shape index (κ2) is 8.38. The van der Waals surface area contributed by atoms with Gasteiger partial charge in [-0.1, -0.05) is 37.6 Å². The van der Waals surface area contributed by atoms with E-state index >= 15 is 0 Å². The minimum absolute atomic E-state index is 0.0617. The summed E-state index contributed by atoms with van der Waals surface area (Å²) in [5.74, 6) is -7.88. The Morgan fingerprint density at radius 1 is 0.767 bits per heavy atom. The quantitative estimate of drug-likeness (QED) is 0.300. The van der Waals surface area contributed by atoms with Crippen molar-refractivity contribution in [2.24, 2.45) is 0 Å². The van der Waals surface area contributed by atoms with Crippen LogP contribution < -0.4 is 4.74 Å². The van der Waals surface area contributed by atoms with Crippen LogP contribution in [0.4, 0.5) is 30.7 Å². The van der Waals surface area contributed by atoms with Crippen LogP contribution >= 0.6 is 0 Å². The lowest BCUT2D eigenvalue weighted by Gasteiger charge is -2.19. The average Bonchev–Trinajstić information content (AvgIpc) is 2.70. The maximum Gasteiger partial charge on any atom is 0.426 e. The molecule has 0 N–H and O–H groups in total. The standard InChI is InChI=1S/C22H15F7O/c1-2-3-13-6-9-16(20(26)19(13)25)12-4-7-15(8-5-12)30-22(28,29)14-10-17(23)21(27)18(24)11-14/h4-11H,2-3H2,1H3. The highest BCUT2D eigenvalue weighted by Gasteiger charge is 2.36. The van der Waals surface area contributed by atoms with Crippen molar-refractivity contribution in [3.8, 4) is 16.9 Å². The lowest BCUT2D eigenvalue weighted by molar-refractivity contribution is -0.185. The first kappa shape index (κ1) is 21.7. The molecular weight excluding hydrogens is 413 g/mol. The van der Waals surface area contributed by atoms with Gasteiger partial charge in [-0.15, -0.1) is 0 Å². The van der Waals surface area contributed by atoms with E-state index in [2.05, 4.69) is 4.74 Å². The Bertz CT molecular complexity index is 1040. The highest BCUT2D eigenvalue weighted by atomic mass is 19.3. The summed E-state index contributed by atoms with van der Waals surface area (Å²) < 4.78 is 101. The maximum atomic E-state index is 14.3. The van der Waals surface area contributed by atoms with Crippen molar-refractivity contribution in [3.63, 3.8) is 0 Å². The van der Waals surface area contributed by atoms with E-state index in [-0.39, 0.29) is 28.8 Å². The van der Waals surface area contributed by atoms with Crippen molar-refractivity contribution in [2.45, 2.75) is 25.9 Å². The van der Waals surface area contributed by atoms with Gasteiger partial charge in [0.05, 0.1) is 5.56 Å². The molecule has 0 spiro atoms. The minimum atomic E-state index is -4.17. The number of benzene rings is 3. The molecule has 0 bridgehead atoms. The molecule has 30 heavy (non-hydrogen) atoms. The van der Waals surface area contributed by atoms with Crippen LogP contribution in [0.1, 0.15) is 24.5 Å². The van der Waals surface area contributed by atoms with Crippen molar-refractivity contribution >= 4 is 0 Å². The van der Waals surface area contributed by atoms with Gasteiger partial charge in [-0.25, -0.2) is 22.0 Å². The fourth-order valence-corrected chi connectivity index (χ4v) is 2.91. The summed E-state index contributed by atoms with van der Waals surface area (Å²) in [6.07, 6.45) is -3.16. The summed E-state index contributed by atoms with van der Waals surface area (Å²) in [7, 11) is 0. The van der Waals surface area contributed by atoms with E-state index in [0.29, 0.717) is 12.8 Å². The van der Waals surface area contributed by atoms with Gasteiger partial charge in [0.25, 0.3) is 0 Å². The Balaban J connectivity index is 1.85. The van der Waals surface area contributed by atoms with Crippen LogP contribution in [-0.2, 0) is 12.5 Å². The third-order valence-electron chi connectivity index (χ3n) is 4.41. The zero-order chi connectivity index (χ0) is 22.1. The molecule has 1 nitrogen and oxygen atoms in total. The van der Waals surface area contributed by atoms with Gasteiger partial charge in [-0.3, -0.25) is 0 Å². The van der Waals surface area contributed by atoms with Crippen molar-refractivity contribution in [1.29, 1.82) is 0 Å². The smallest absolute Gasteiger partial charge is 0.426 e. The van der Waals surface area contributed by atoms with Gasteiger partial charge in [0, 0.05) is 5.56 Å². The number of hydrogen-bond acceptors (Lipinski definition) is 1. The first-order valence-electron chi connectivity index (χ1n) is 8.93. The topological polar surface area (TPSA) is 9.23 Å². The second-order valence-electron chi connectivity index (χ2n) is 6.55. The average molecular weight is 428 g/mol. The molecule has 0 aliphatic heterocycles. The van der Waals surface area contributed by atoms with Gasteiger partial charge in [-0.05, 0) is 41.8 Å². The molecule has 0 heterocycles. The zero-order valence-electron chi connectivity index (χ0n) is 15.6. The molecule has 0 atom stereocenters. The molecule has 3 aromatic rings. The first-order chi connectivity index (χ1) is 14.1. The van der Waals surface area contributed by atoms with Crippen molar-refractivity contribution in [3.05, 3.63) is 88.7 Å². The summed E-state index contributed by atoms with van der Waals surface area (Å²) in [4.78, 5) is 0. The fourth-order valence-electron chi connectivity index (χ4n) is 2.91. The Morgan fingerprint density at radius 3 is 1.93 bits per heavy atom. The fraction of sp³-hybridized carbons (Fsp3) is 0.182. The van der Waals surface area contributed by atoms with Gasteiger partial charge >= 0.3 is 6.11 Å². The second-order valence-corrected chi connectivity index (χ2v) is 6.55. The van der Waals surface area contributed by atoms with Gasteiger partial charge < -0.3 is 4.74 Å². The molecule has 158 valence electrons. The van der Waals surface area contributed by atoms with Gasteiger partial charge in [-0.2, -0.15) is 8.78 Å². The summed E-state index contributed by atoms with van der Waals surface area (Å²) in [5.41, 5.74) is -0.836. The number of aryl methyl sites for hydroxylation is 1. The van der Waals surface area contributed by atoms with Gasteiger partial charge in [0.2, 0.25) is 0 Å². The Labute approximate surface area is 167 Å². The molecule has 3 aromatic carbocycles. The number of halogens is 7. The molecule has 0 aliphatic carbocycles. The lowest BCUT2D eigenvalue weighted by atomic mass is 10.0. The maximum absolute atomic E-state index is 14.3. The number of alkyl halides is 2. The van der Waals surface area contributed by atoms with E-state index < -0.39 is 46.5 Å². The van der Waals surface area contributed by atoms with Crippen LogP contribution in [-0.4, -0.2) is 0 Å².